The van der Waals surface area contributed by atoms with Crippen LogP contribution in [0.3, 0.4) is 0 Å². The second-order valence-electron chi connectivity index (χ2n) is 4.38. The van der Waals surface area contributed by atoms with Crippen LogP contribution in [0, 0.1) is 23.7 Å². The van der Waals surface area contributed by atoms with Crippen molar-refractivity contribution in [3.8, 4) is 0 Å². The van der Waals surface area contributed by atoms with Crippen LogP contribution in [0.25, 0.3) is 0 Å². The zero-order valence-electron chi connectivity index (χ0n) is 9.06. The summed E-state index contributed by atoms with van der Waals surface area (Å²) in [6, 6.07) is 0. The van der Waals surface area contributed by atoms with Crippen LogP contribution >= 0.6 is 0 Å². The molecule has 0 spiro atoms. The summed E-state index contributed by atoms with van der Waals surface area (Å²) in [5.74, 6) is 4.69. The molecule has 0 aromatic rings. The first-order valence-electron chi connectivity index (χ1n) is 5.55. The van der Waals surface area contributed by atoms with Gasteiger partial charge in [-0.15, -0.1) is 0 Å². The third-order valence-electron chi connectivity index (χ3n) is 3.68. The molecular weight excluding hydrogens is 144 g/mol. The van der Waals surface area contributed by atoms with Gasteiger partial charge in [0.2, 0.25) is 0 Å². The molecule has 0 aromatic carbocycles. The van der Waals surface area contributed by atoms with E-state index in [4.69, 9.17) is 0 Å². The Labute approximate surface area is 77.7 Å². The highest BCUT2D eigenvalue weighted by molar-refractivity contribution is 5.11. The number of rotatable bonds is 4. The van der Waals surface area contributed by atoms with Crippen molar-refractivity contribution in [1.82, 2.24) is 0 Å². The van der Waals surface area contributed by atoms with Gasteiger partial charge in [-0.3, -0.25) is 0 Å². The molecule has 0 N–H and O–H groups in total. The Hall–Kier alpha value is 0. The lowest BCUT2D eigenvalue weighted by molar-refractivity contribution is 0.109. The van der Waals surface area contributed by atoms with Crippen molar-refractivity contribution < 1.29 is 0 Å². The topological polar surface area (TPSA) is 0 Å². The third-order valence-corrected chi connectivity index (χ3v) is 3.68. The summed E-state index contributed by atoms with van der Waals surface area (Å²) >= 11 is 0. The van der Waals surface area contributed by atoms with Crippen LogP contribution in [0.2, 0.25) is 0 Å². The molecule has 1 aliphatic carbocycles. The Morgan fingerprint density at radius 1 is 1.08 bits per heavy atom. The summed E-state index contributed by atoms with van der Waals surface area (Å²) < 4.78 is 0. The number of hydrogen-bond acceptors (Lipinski definition) is 0. The lowest BCUT2D eigenvalue weighted by Gasteiger charge is -2.49. The molecule has 71 valence electrons. The molecule has 1 radical (unpaired) electrons. The van der Waals surface area contributed by atoms with Crippen LogP contribution in [-0.2, 0) is 0 Å². The molecular formula is C12H23. The first kappa shape index (κ1) is 10.1. The molecule has 0 heterocycles. The highest BCUT2D eigenvalue weighted by Gasteiger charge is 2.43. The van der Waals surface area contributed by atoms with Gasteiger partial charge in [0.15, 0.2) is 0 Å². The van der Waals surface area contributed by atoms with E-state index in [0.717, 1.165) is 17.8 Å². The van der Waals surface area contributed by atoms with Crippen molar-refractivity contribution in [3.05, 3.63) is 5.92 Å². The van der Waals surface area contributed by atoms with Gasteiger partial charge in [0.25, 0.3) is 0 Å². The van der Waals surface area contributed by atoms with Crippen LogP contribution in [0.1, 0.15) is 53.4 Å². The highest BCUT2D eigenvalue weighted by atomic mass is 14.5. The molecule has 3 unspecified atom stereocenters. The molecule has 0 bridgehead atoms. The predicted molar refractivity (Wildman–Crippen MR) is 54.9 cm³/mol. The van der Waals surface area contributed by atoms with Gasteiger partial charge in [0.1, 0.15) is 0 Å². The van der Waals surface area contributed by atoms with Crippen molar-refractivity contribution in [2.75, 3.05) is 0 Å². The lowest BCUT2D eigenvalue weighted by Crippen LogP contribution is -2.41. The molecule has 3 atom stereocenters. The lowest BCUT2D eigenvalue weighted by atomic mass is 9.55. The average Bonchev–Trinajstić information content (AvgIpc) is 2.10. The van der Waals surface area contributed by atoms with E-state index >= 15 is 0 Å². The van der Waals surface area contributed by atoms with Crippen molar-refractivity contribution >= 4 is 0 Å². The second kappa shape index (κ2) is 4.30. The molecule has 1 rings (SSSR count). The van der Waals surface area contributed by atoms with Gasteiger partial charge in [-0.05, 0) is 30.1 Å². The molecule has 1 saturated carbocycles. The van der Waals surface area contributed by atoms with E-state index in [-0.39, 0.29) is 0 Å². The fraction of sp³-hybridized carbons (Fsp3) is 0.917. The highest BCUT2D eigenvalue weighted by Crippen LogP contribution is 2.51. The fourth-order valence-corrected chi connectivity index (χ4v) is 2.78. The second-order valence-corrected chi connectivity index (χ2v) is 4.38. The molecule has 1 aliphatic rings. The standard InChI is InChI=1S/C12H23/c1-5-7-11-9(3)10(4)12(11)8-6-2/h9,11-12H,5-8H2,1-4H3. The van der Waals surface area contributed by atoms with Gasteiger partial charge < -0.3 is 0 Å². The van der Waals surface area contributed by atoms with Crippen molar-refractivity contribution in [2.24, 2.45) is 17.8 Å². The first-order chi connectivity index (χ1) is 5.72. The quantitative estimate of drug-likeness (QED) is 0.592. The van der Waals surface area contributed by atoms with Gasteiger partial charge in [-0.25, -0.2) is 0 Å². The average molecular weight is 167 g/mol. The Balaban J connectivity index is 2.38. The van der Waals surface area contributed by atoms with Crippen LogP contribution in [-0.4, -0.2) is 0 Å². The summed E-state index contributed by atoms with van der Waals surface area (Å²) in [6.45, 7) is 9.38. The minimum Gasteiger partial charge on any atom is -0.0654 e. The molecule has 1 fully saturated rings. The van der Waals surface area contributed by atoms with E-state index in [1.165, 1.54) is 25.7 Å². The number of hydrogen-bond donors (Lipinski definition) is 0. The fourth-order valence-electron chi connectivity index (χ4n) is 2.78. The van der Waals surface area contributed by atoms with E-state index in [0.29, 0.717) is 0 Å². The van der Waals surface area contributed by atoms with Crippen LogP contribution in [0.5, 0.6) is 0 Å². The maximum atomic E-state index is 2.40. The van der Waals surface area contributed by atoms with Gasteiger partial charge in [0, 0.05) is 0 Å². The van der Waals surface area contributed by atoms with E-state index in [9.17, 15) is 0 Å². The molecule has 0 nitrogen and oxygen atoms in total. The summed E-state index contributed by atoms with van der Waals surface area (Å²) in [5, 5.41) is 0. The largest absolute Gasteiger partial charge is 0.0654 e. The minimum absolute atomic E-state index is 0.918. The summed E-state index contributed by atoms with van der Waals surface area (Å²) in [7, 11) is 0. The first-order valence-corrected chi connectivity index (χ1v) is 5.55. The summed E-state index contributed by atoms with van der Waals surface area (Å²) in [6.07, 6.45) is 5.60. The van der Waals surface area contributed by atoms with E-state index in [2.05, 4.69) is 27.7 Å². The Bertz CT molecular complexity index is 112. The normalized spacial score (nSPS) is 36.5. The van der Waals surface area contributed by atoms with Gasteiger partial charge in [-0.1, -0.05) is 47.0 Å². The molecule has 0 aromatic heterocycles. The summed E-state index contributed by atoms with van der Waals surface area (Å²) in [4.78, 5) is 0. The van der Waals surface area contributed by atoms with Crippen molar-refractivity contribution in [3.63, 3.8) is 0 Å². The predicted octanol–water partition coefficient (Wildman–Crippen LogP) is 4.06. The van der Waals surface area contributed by atoms with Crippen LogP contribution in [0.4, 0.5) is 0 Å². The Morgan fingerprint density at radius 2 is 1.67 bits per heavy atom. The maximum absolute atomic E-state index is 2.40. The maximum Gasteiger partial charge on any atom is -0.0207 e. The SMILES string of the molecule is CCCC1[C](C)C(C)C1CCC. The molecule has 0 heteroatoms. The molecule has 0 saturated heterocycles. The van der Waals surface area contributed by atoms with Crippen LogP contribution < -0.4 is 0 Å². The Morgan fingerprint density at radius 3 is 2.17 bits per heavy atom. The zero-order valence-corrected chi connectivity index (χ0v) is 9.06. The smallest absolute Gasteiger partial charge is 0.0207 e. The van der Waals surface area contributed by atoms with E-state index < -0.39 is 0 Å². The van der Waals surface area contributed by atoms with E-state index in [1.54, 1.807) is 5.92 Å². The minimum atomic E-state index is 0.918. The Kier molecular flexibility index (Phi) is 3.61. The molecule has 0 aliphatic heterocycles. The van der Waals surface area contributed by atoms with Gasteiger partial charge in [0.05, 0.1) is 0 Å². The van der Waals surface area contributed by atoms with Crippen molar-refractivity contribution in [1.29, 1.82) is 0 Å². The van der Waals surface area contributed by atoms with Gasteiger partial charge >= 0.3 is 0 Å². The van der Waals surface area contributed by atoms with Gasteiger partial charge in [-0.2, -0.15) is 0 Å². The summed E-state index contributed by atoms with van der Waals surface area (Å²) in [5.41, 5.74) is 0. The molecule has 0 amide bonds. The zero-order chi connectivity index (χ0) is 9.14. The van der Waals surface area contributed by atoms with E-state index in [1.807, 2.05) is 0 Å². The third kappa shape index (κ3) is 1.67. The molecule has 12 heavy (non-hydrogen) atoms. The van der Waals surface area contributed by atoms with Crippen molar-refractivity contribution in [2.45, 2.75) is 53.4 Å². The monoisotopic (exact) mass is 167 g/mol. The van der Waals surface area contributed by atoms with Crippen LogP contribution in [0.15, 0.2) is 0 Å².